The van der Waals surface area contributed by atoms with Gasteiger partial charge in [-0.25, -0.2) is 13.2 Å². The van der Waals surface area contributed by atoms with Crippen molar-refractivity contribution in [1.29, 1.82) is 0 Å². The molecule has 1 aromatic heterocycles. The van der Waals surface area contributed by atoms with Gasteiger partial charge in [-0.15, -0.1) is 11.3 Å². The first-order valence-corrected chi connectivity index (χ1v) is 13.8. The number of carbonyl (C=O) groups excluding carboxylic acids is 2. The number of ether oxygens (including phenoxy) is 1. The van der Waals surface area contributed by atoms with Gasteiger partial charge in [0.1, 0.15) is 5.00 Å². The predicted molar refractivity (Wildman–Crippen MR) is 128 cm³/mol. The number of rotatable bonds is 6. The van der Waals surface area contributed by atoms with E-state index >= 15 is 0 Å². The van der Waals surface area contributed by atoms with E-state index in [1.807, 2.05) is 0 Å². The van der Waals surface area contributed by atoms with Crippen molar-refractivity contribution in [3.05, 3.63) is 45.3 Å². The number of carbonyl (C=O) groups is 2. The Bertz CT molecular complexity index is 1140. The van der Waals surface area contributed by atoms with Gasteiger partial charge in [-0.1, -0.05) is 11.6 Å². The number of sulfonamides is 1. The van der Waals surface area contributed by atoms with E-state index in [4.69, 9.17) is 16.3 Å². The third-order valence-corrected chi connectivity index (χ3v) is 9.43. The number of fused-ring (bicyclic) bond motifs is 1. The molecule has 0 bridgehead atoms. The molecule has 1 N–H and O–H groups in total. The normalized spacial score (nSPS) is 19.0. The van der Waals surface area contributed by atoms with Crippen molar-refractivity contribution in [3.63, 3.8) is 0 Å². The van der Waals surface area contributed by atoms with E-state index in [1.165, 1.54) is 39.9 Å². The van der Waals surface area contributed by atoms with Gasteiger partial charge in [0, 0.05) is 23.0 Å². The lowest BCUT2D eigenvalue weighted by molar-refractivity contribution is -0.120. The number of anilines is 1. The number of thiophene rings is 1. The summed E-state index contributed by atoms with van der Waals surface area (Å²) in [6, 6.07) is 6.03. The average Bonchev–Trinajstić information content (AvgIpc) is 3.17. The van der Waals surface area contributed by atoms with Crippen LogP contribution < -0.4 is 5.32 Å². The molecule has 1 atom stereocenters. The maximum absolute atomic E-state index is 13.2. The van der Waals surface area contributed by atoms with Crippen LogP contribution in [0.25, 0.3) is 0 Å². The molecule has 2 heterocycles. The summed E-state index contributed by atoms with van der Waals surface area (Å²) in [7, 11) is -3.73. The zero-order valence-electron chi connectivity index (χ0n) is 18.4. The first-order valence-electron chi connectivity index (χ1n) is 11.2. The molecule has 0 saturated carbocycles. The number of benzene rings is 1. The Balaban J connectivity index is 1.53. The fraction of sp³-hybridized carbons (Fsp3) is 0.478. The van der Waals surface area contributed by atoms with Crippen LogP contribution in [0.5, 0.6) is 0 Å². The zero-order valence-corrected chi connectivity index (χ0v) is 20.8. The van der Waals surface area contributed by atoms with Crippen molar-refractivity contribution in [2.24, 2.45) is 5.92 Å². The van der Waals surface area contributed by atoms with Gasteiger partial charge in [-0.2, -0.15) is 4.31 Å². The predicted octanol–water partition coefficient (Wildman–Crippen LogP) is 4.50. The van der Waals surface area contributed by atoms with E-state index in [-0.39, 0.29) is 24.0 Å². The molecule has 1 saturated heterocycles. The second kappa shape index (κ2) is 10.1. The van der Waals surface area contributed by atoms with E-state index in [0.29, 0.717) is 35.0 Å². The van der Waals surface area contributed by atoms with Crippen LogP contribution in [0.4, 0.5) is 5.00 Å². The zero-order chi connectivity index (χ0) is 23.6. The molecule has 1 fully saturated rings. The molecule has 1 amide bonds. The lowest BCUT2D eigenvalue weighted by Gasteiger charge is -2.31. The highest BCUT2D eigenvalue weighted by Crippen LogP contribution is 2.39. The molecule has 0 unspecified atom stereocenters. The van der Waals surface area contributed by atoms with Crippen LogP contribution in [0, 0.1) is 5.92 Å². The molecule has 10 heteroatoms. The molecule has 33 heavy (non-hydrogen) atoms. The highest BCUT2D eigenvalue weighted by Gasteiger charge is 2.35. The molecule has 2 aliphatic rings. The highest BCUT2D eigenvalue weighted by atomic mass is 35.5. The maximum atomic E-state index is 13.2. The Kier molecular flexibility index (Phi) is 7.43. The second-order valence-electron chi connectivity index (χ2n) is 8.28. The summed E-state index contributed by atoms with van der Waals surface area (Å²) in [6.45, 7) is 2.47. The molecule has 1 aliphatic carbocycles. The van der Waals surface area contributed by atoms with Crippen molar-refractivity contribution in [1.82, 2.24) is 4.31 Å². The molecule has 2 aromatic rings. The number of nitrogens with one attached hydrogen (secondary N) is 1. The Labute approximate surface area is 203 Å². The Morgan fingerprint density at radius 2 is 1.91 bits per heavy atom. The first-order chi connectivity index (χ1) is 15.8. The first kappa shape index (κ1) is 24.2. The van der Waals surface area contributed by atoms with Crippen LogP contribution in [-0.4, -0.2) is 44.3 Å². The Morgan fingerprint density at radius 1 is 1.18 bits per heavy atom. The molecule has 0 spiro atoms. The number of nitrogens with zero attached hydrogens (tertiary/aromatic N) is 1. The van der Waals surface area contributed by atoms with E-state index < -0.39 is 21.9 Å². The SMILES string of the molecule is CCOC(=O)c1c(NC(=O)[C@@H]2CCCN(S(=O)(=O)c3ccc(Cl)cc3)C2)sc2c1CCCC2. The largest absolute Gasteiger partial charge is 0.462 e. The monoisotopic (exact) mass is 510 g/mol. The molecular weight excluding hydrogens is 484 g/mol. The molecular formula is C23H27ClN2O5S2. The summed E-state index contributed by atoms with van der Waals surface area (Å²) >= 11 is 7.32. The van der Waals surface area contributed by atoms with Crippen molar-refractivity contribution in [2.75, 3.05) is 25.0 Å². The van der Waals surface area contributed by atoms with Gasteiger partial charge in [0.2, 0.25) is 15.9 Å². The minimum atomic E-state index is -3.73. The van der Waals surface area contributed by atoms with Crippen LogP contribution in [0.1, 0.15) is 53.4 Å². The van der Waals surface area contributed by atoms with Crippen molar-refractivity contribution < 1.29 is 22.7 Å². The smallest absolute Gasteiger partial charge is 0.341 e. The minimum absolute atomic E-state index is 0.0939. The topological polar surface area (TPSA) is 92.8 Å². The van der Waals surface area contributed by atoms with Gasteiger partial charge in [0.15, 0.2) is 0 Å². The molecule has 178 valence electrons. The van der Waals surface area contributed by atoms with Crippen LogP contribution in [-0.2, 0) is 32.4 Å². The van der Waals surface area contributed by atoms with E-state index in [2.05, 4.69) is 5.32 Å². The van der Waals surface area contributed by atoms with Gasteiger partial charge < -0.3 is 10.1 Å². The van der Waals surface area contributed by atoms with Crippen molar-refractivity contribution in [3.8, 4) is 0 Å². The maximum Gasteiger partial charge on any atom is 0.341 e. The molecule has 1 aromatic carbocycles. The molecule has 1 aliphatic heterocycles. The Hall–Kier alpha value is -1.94. The number of aryl methyl sites for hydroxylation is 1. The van der Waals surface area contributed by atoms with Crippen LogP contribution in [0.3, 0.4) is 0 Å². The summed E-state index contributed by atoms with van der Waals surface area (Å²) in [5.74, 6) is -1.19. The van der Waals surface area contributed by atoms with Gasteiger partial charge in [0.05, 0.1) is 23.0 Å². The molecule has 4 rings (SSSR count). The summed E-state index contributed by atoms with van der Waals surface area (Å²) in [5, 5.41) is 3.91. The third-order valence-electron chi connectivity index (χ3n) is 6.09. The number of piperidine rings is 1. The minimum Gasteiger partial charge on any atom is -0.462 e. The highest BCUT2D eigenvalue weighted by molar-refractivity contribution is 7.89. The fourth-order valence-electron chi connectivity index (χ4n) is 4.42. The van der Waals surface area contributed by atoms with Gasteiger partial charge in [0.25, 0.3) is 0 Å². The van der Waals surface area contributed by atoms with Crippen LogP contribution in [0.2, 0.25) is 5.02 Å². The third kappa shape index (κ3) is 5.11. The summed E-state index contributed by atoms with van der Waals surface area (Å²) in [5.41, 5.74) is 1.45. The number of amides is 1. The summed E-state index contributed by atoms with van der Waals surface area (Å²) < 4.78 is 32.7. The summed E-state index contributed by atoms with van der Waals surface area (Å²) in [6.07, 6.45) is 4.91. The molecule has 7 nitrogen and oxygen atoms in total. The van der Waals surface area contributed by atoms with E-state index in [0.717, 1.165) is 36.1 Å². The number of hydrogen-bond acceptors (Lipinski definition) is 6. The van der Waals surface area contributed by atoms with Crippen LogP contribution in [0.15, 0.2) is 29.2 Å². The number of hydrogen-bond donors (Lipinski definition) is 1. The standard InChI is InChI=1S/C23H27ClN2O5S2/c1-2-31-23(28)20-18-7-3-4-8-19(18)32-22(20)25-21(27)15-6-5-13-26(14-15)33(29,30)17-11-9-16(24)10-12-17/h9-12,15H,2-8,13-14H2,1H3,(H,25,27)/t15-/m1/s1. The number of esters is 1. The van der Waals surface area contributed by atoms with Gasteiger partial charge in [-0.05, 0) is 75.3 Å². The van der Waals surface area contributed by atoms with Gasteiger partial charge >= 0.3 is 5.97 Å². The molecule has 0 radical (unpaired) electrons. The Morgan fingerprint density at radius 3 is 2.64 bits per heavy atom. The second-order valence-corrected chi connectivity index (χ2v) is 11.8. The lowest BCUT2D eigenvalue weighted by Crippen LogP contribution is -2.43. The van der Waals surface area contributed by atoms with E-state index in [9.17, 15) is 18.0 Å². The van der Waals surface area contributed by atoms with Crippen LogP contribution >= 0.6 is 22.9 Å². The average molecular weight is 511 g/mol. The fourth-order valence-corrected chi connectivity index (χ4v) is 7.35. The van der Waals surface area contributed by atoms with Crippen molar-refractivity contribution in [2.45, 2.75) is 50.3 Å². The lowest BCUT2D eigenvalue weighted by atomic mass is 9.95. The van der Waals surface area contributed by atoms with Gasteiger partial charge in [-0.3, -0.25) is 4.79 Å². The summed E-state index contributed by atoms with van der Waals surface area (Å²) in [4.78, 5) is 27.1. The quantitative estimate of drug-likeness (QED) is 0.578. The van der Waals surface area contributed by atoms with Crippen molar-refractivity contribution >= 4 is 49.8 Å². The van der Waals surface area contributed by atoms with E-state index in [1.54, 1.807) is 6.92 Å². The number of halogens is 1.